The Balaban J connectivity index is 2.07. The maximum atomic E-state index is 11.9. The average Bonchev–Trinajstić information content (AvgIpc) is 2.66. The summed E-state index contributed by atoms with van der Waals surface area (Å²) in [7, 11) is 0. The second kappa shape index (κ2) is 4.55. The minimum absolute atomic E-state index is 0.253. The summed E-state index contributed by atoms with van der Waals surface area (Å²) in [6.07, 6.45) is 2.93. The van der Waals surface area contributed by atoms with E-state index < -0.39 is 10.5 Å². The molecule has 0 amide bonds. The maximum Gasteiger partial charge on any atom is 0.322 e. The summed E-state index contributed by atoms with van der Waals surface area (Å²) in [6.45, 7) is 3.39. The highest BCUT2D eigenvalue weighted by Crippen LogP contribution is 2.44. The lowest BCUT2D eigenvalue weighted by atomic mass is 9.84. The van der Waals surface area contributed by atoms with Crippen LogP contribution in [0.2, 0.25) is 0 Å². The van der Waals surface area contributed by atoms with E-state index in [1.165, 1.54) is 0 Å². The highest BCUT2D eigenvalue weighted by atomic mass is 32.1. The van der Waals surface area contributed by atoms with Crippen molar-refractivity contribution in [3.8, 4) is 0 Å². The van der Waals surface area contributed by atoms with Crippen molar-refractivity contribution in [2.24, 2.45) is 0 Å². The largest absolute Gasteiger partial charge is 0.465 e. The number of carbonyl (C=O) groups excluding carboxylic acids is 1. The molecule has 2 aliphatic rings. The SMILES string of the molecule is CCOC(=O)[C@]1(S)CCCC2(C1)OCCO2. The predicted molar refractivity (Wildman–Crippen MR) is 61.5 cm³/mol. The minimum Gasteiger partial charge on any atom is -0.465 e. The topological polar surface area (TPSA) is 44.8 Å². The summed E-state index contributed by atoms with van der Waals surface area (Å²) in [6, 6.07) is 0. The lowest BCUT2D eigenvalue weighted by molar-refractivity contribution is -0.190. The van der Waals surface area contributed by atoms with Crippen molar-refractivity contribution in [3.63, 3.8) is 0 Å². The molecule has 0 unspecified atom stereocenters. The molecule has 1 heterocycles. The van der Waals surface area contributed by atoms with Gasteiger partial charge in [-0.15, -0.1) is 0 Å². The summed E-state index contributed by atoms with van der Waals surface area (Å²) in [5, 5.41) is 0. The van der Waals surface area contributed by atoms with Crippen molar-refractivity contribution in [1.29, 1.82) is 0 Å². The highest BCUT2D eigenvalue weighted by molar-refractivity contribution is 7.82. The molecule has 1 spiro atoms. The molecule has 2 fully saturated rings. The third-order valence-corrected chi connectivity index (χ3v) is 3.74. The number of esters is 1. The second-order valence-electron chi connectivity index (χ2n) is 4.39. The first-order chi connectivity index (χ1) is 7.60. The van der Waals surface area contributed by atoms with Gasteiger partial charge in [0, 0.05) is 12.8 Å². The van der Waals surface area contributed by atoms with Crippen LogP contribution in [0.5, 0.6) is 0 Å². The molecule has 4 nitrogen and oxygen atoms in total. The first-order valence-corrected chi connectivity index (χ1v) is 6.22. The highest BCUT2D eigenvalue weighted by Gasteiger charge is 2.51. The molecule has 1 aliphatic heterocycles. The molecular formula is C11H18O4S. The molecule has 92 valence electrons. The Bertz CT molecular complexity index is 275. The van der Waals surface area contributed by atoms with Gasteiger partial charge in [0.05, 0.1) is 19.8 Å². The predicted octanol–water partition coefficient (Wildman–Crippen LogP) is 1.54. The van der Waals surface area contributed by atoms with Crippen molar-refractivity contribution in [3.05, 3.63) is 0 Å². The maximum absolute atomic E-state index is 11.9. The molecular weight excluding hydrogens is 228 g/mol. The van der Waals surface area contributed by atoms with Gasteiger partial charge in [-0.2, -0.15) is 12.6 Å². The third kappa shape index (κ3) is 2.21. The van der Waals surface area contributed by atoms with Crippen LogP contribution >= 0.6 is 12.6 Å². The van der Waals surface area contributed by atoms with E-state index in [9.17, 15) is 4.79 Å². The molecule has 1 aliphatic carbocycles. The smallest absolute Gasteiger partial charge is 0.322 e. The Morgan fingerprint density at radius 2 is 2.06 bits per heavy atom. The van der Waals surface area contributed by atoms with Gasteiger partial charge in [-0.1, -0.05) is 0 Å². The van der Waals surface area contributed by atoms with Crippen LogP contribution in [0, 0.1) is 0 Å². The van der Waals surface area contributed by atoms with Gasteiger partial charge in [-0.05, 0) is 19.8 Å². The summed E-state index contributed by atoms with van der Waals surface area (Å²) in [5.74, 6) is -0.844. The summed E-state index contributed by atoms with van der Waals surface area (Å²) in [5.41, 5.74) is 0. The molecule has 1 saturated carbocycles. The van der Waals surface area contributed by atoms with Gasteiger partial charge in [0.1, 0.15) is 4.75 Å². The zero-order valence-electron chi connectivity index (χ0n) is 9.53. The number of thiol groups is 1. The van der Waals surface area contributed by atoms with Gasteiger partial charge in [0.25, 0.3) is 0 Å². The van der Waals surface area contributed by atoms with Crippen LogP contribution in [0.25, 0.3) is 0 Å². The number of hydrogen-bond acceptors (Lipinski definition) is 5. The van der Waals surface area contributed by atoms with Crippen LogP contribution in [0.1, 0.15) is 32.6 Å². The minimum atomic E-state index is -0.751. The summed E-state index contributed by atoms with van der Waals surface area (Å²) >= 11 is 4.49. The molecule has 5 heteroatoms. The Morgan fingerprint density at radius 1 is 1.38 bits per heavy atom. The normalized spacial score (nSPS) is 32.9. The molecule has 1 atom stereocenters. The standard InChI is InChI=1S/C11H18O4S/c1-2-13-9(12)10(16)4-3-5-11(8-10)14-6-7-15-11/h16H,2-8H2,1H3/t10-/m0/s1. The number of ether oxygens (including phenoxy) is 3. The van der Waals surface area contributed by atoms with Crippen LogP contribution in [0.4, 0.5) is 0 Å². The van der Waals surface area contributed by atoms with Gasteiger partial charge in [-0.3, -0.25) is 4.79 Å². The van der Waals surface area contributed by atoms with Crippen LogP contribution in [-0.2, 0) is 19.0 Å². The molecule has 2 rings (SSSR count). The van der Waals surface area contributed by atoms with Crippen LogP contribution in [0.3, 0.4) is 0 Å². The van der Waals surface area contributed by atoms with Crippen molar-refractivity contribution in [2.45, 2.75) is 43.1 Å². The summed E-state index contributed by atoms with van der Waals surface area (Å²) in [4.78, 5) is 11.9. The summed E-state index contributed by atoms with van der Waals surface area (Å²) < 4.78 is 15.6. The van der Waals surface area contributed by atoms with Gasteiger partial charge in [0.15, 0.2) is 5.79 Å². The van der Waals surface area contributed by atoms with E-state index in [0.717, 1.165) is 19.3 Å². The molecule has 0 aromatic carbocycles. The van der Waals surface area contributed by atoms with E-state index in [1.807, 2.05) is 0 Å². The fourth-order valence-corrected chi connectivity index (χ4v) is 2.92. The van der Waals surface area contributed by atoms with Crippen LogP contribution in [-0.4, -0.2) is 36.3 Å². The van der Waals surface area contributed by atoms with E-state index in [-0.39, 0.29) is 5.97 Å². The van der Waals surface area contributed by atoms with Gasteiger partial charge < -0.3 is 14.2 Å². The Morgan fingerprint density at radius 3 is 2.69 bits per heavy atom. The van der Waals surface area contributed by atoms with Gasteiger partial charge in [0.2, 0.25) is 0 Å². The van der Waals surface area contributed by atoms with E-state index >= 15 is 0 Å². The van der Waals surface area contributed by atoms with Crippen molar-refractivity contribution in [1.82, 2.24) is 0 Å². The molecule has 16 heavy (non-hydrogen) atoms. The van der Waals surface area contributed by atoms with E-state index in [2.05, 4.69) is 12.6 Å². The first kappa shape index (κ1) is 12.2. The molecule has 0 radical (unpaired) electrons. The van der Waals surface area contributed by atoms with Gasteiger partial charge in [-0.25, -0.2) is 0 Å². The first-order valence-electron chi connectivity index (χ1n) is 5.78. The fraction of sp³-hybridized carbons (Fsp3) is 0.909. The van der Waals surface area contributed by atoms with Crippen LogP contribution in [0.15, 0.2) is 0 Å². The molecule has 0 aromatic heterocycles. The van der Waals surface area contributed by atoms with Crippen molar-refractivity contribution >= 4 is 18.6 Å². The van der Waals surface area contributed by atoms with E-state index in [4.69, 9.17) is 14.2 Å². The van der Waals surface area contributed by atoms with Gasteiger partial charge >= 0.3 is 5.97 Å². The molecule has 0 N–H and O–H groups in total. The average molecular weight is 246 g/mol. The number of hydrogen-bond donors (Lipinski definition) is 1. The Hall–Kier alpha value is -0.260. The molecule has 0 bridgehead atoms. The Kier molecular flexibility index (Phi) is 3.47. The fourth-order valence-electron chi connectivity index (χ4n) is 2.46. The lowest BCUT2D eigenvalue weighted by Crippen LogP contribution is -2.48. The second-order valence-corrected chi connectivity index (χ2v) is 5.25. The molecule has 1 saturated heterocycles. The zero-order valence-corrected chi connectivity index (χ0v) is 10.4. The lowest BCUT2D eigenvalue weighted by Gasteiger charge is -2.40. The third-order valence-electron chi connectivity index (χ3n) is 3.18. The van der Waals surface area contributed by atoms with Crippen molar-refractivity contribution in [2.75, 3.05) is 19.8 Å². The number of rotatable bonds is 2. The Labute approximate surface area is 101 Å². The van der Waals surface area contributed by atoms with E-state index in [1.54, 1.807) is 6.92 Å². The quantitative estimate of drug-likeness (QED) is 0.593. The molecule has 0 aromatic rings. The monoisotopic (exact) mass is 246 g/mol. The number of carbonyl (C=O) groups is 1. The van der Waals surface area contributed by atoms with Crippen molar-refractivity contribution < 1.29 is 19.0 Å². The van der Waals surface area contributed by atoms with E-state index in [0.29, 0.717) is 26.2 Å². The van der Waals surface area contributed by atoms with Crippen LogP contribution < -0.4 is 0 Å². The zero-order chi connectivity index (χ0) is 11.6.